The van der Waals surface area contributed by atoms with Gasteiger partial charge in [-0.15, -0.1) is 0 Å². The Kier molecular flexibility index (Phi) is 8.11. The van der Waals surface area contributed by atoms with Gasteiger partial charge in [0.15, 0.2) is 0 Å². The van der Waals surface area contributed by atoms with Crippen molar-refractivity contribution < 1.29 is 0 Å². The van der Waals surface area contributed by atoms with E-state index in [4.69, 9.17) is 15.8 Å². The van der Waals surface area contributed by atoms with Gasteiger partial charge in [0.1, 0.15) is 17.0 Å². The van der Waals surface area contributed by atoms with E-state index in [2.05, 4.69) is 160 Å². The number of hydrogen-bond donors (Lipinski definition) is 1. The second kappa shape index (κ2) is 13.2. The zero-order valence-corrected chi connectivity index (χ0v) is 27.8. The molecule has 0 aliphatic heterocycles. The third-order valence-corrected chi connectivity index (χ3v) is 9.33. The molecule has 0 aliphatic rings. The Balaban J connectivity index is 1.33. The normalized spacial score (nSPS) is 12.0. The largest absolute Gasteiger partial charge is 0.384 e. The number of amidine groups is 1. The lowest BCUT2D eigenvalue weighted by Crippen LogP contribution is -2.38. The Morgan fingerprint density at radius 1 is 0.640 bits per heavy atom. The molecule has 0 saturated heterocycles. The van der Waals surface area contributed by atoms with Crippen LogP contribution in [0.5, 0.6) is 0 Å². The number of para-hydroxylation sites is 1. The molecular formula is C44H36N6. The number of pyridine rings is 1. The summed E-state index contributed by atoms with van der Waals surface area (Å²) in [6.07, 6.45) is 8.27. The molecule has 2 N–H and O–H groups in total. The first-order valence-corrected chi connectivity index (χ1v) is 16.9. The van der Waals surface area contributed by atoms with Crippen LogP contribution < -0.4 is 5.73 Å². The van der Waals surface area contributed by atoms with E-state index in [0.29, 0.717) is 12.4 Å². The Labute approximate surface area is 291 Å². The van der Waals surface area contributed by atoms with Crippen LogP contribution in [0, 0.1) is 0 Å². The first-order chi connectivity index (χ1) is 24.7. The summed E-state index contributed by atoms with van der Waals surface area (Å²) >= 11 is 0. The second-order valence-corrected chi connectivity index (χ2v) is 12.3. The lowest BCUT2D eigenvalue weighted by atomic mass is 9.77. The van der Waals surface area contributed by atoms with Crippen molar-refractivity contribution in [1.29, 1.82) is 0 Å². The molecule has 5 aromatic carbocycles. The maximum Gasteiger partial charge on any atom is 0.145 e. The van der Waals surface area contributed by atoms with Gasteiger partial charge in [0, 0.05) is 58.5 Å². The van der Waals surface area contributed by atoms with Gasteiger partial charge in [-0.2, -0.15) is 5.10 Å². The third-order valence-electron chi connectivity index (χ3n) is 9.33. The standard InChI is InChI=1S/C44H36N6/c1-2-46-42(45)33-25-23-32(24-26-33)34-27-40-41(31-49(43(40)47-28-34)39-21-13-6-14-22-39)35-29-48-50(30-35)44(36-15-7-3-8-16-36,37-17-9-4-10-18-37)38-19-11-5-12-20-38/h3-31H,2H2,1H3,(H2,45,46). The second-order valence-electron chi connectivity index (χ2n) is 12.3. The van der Waals surface area contributed by atoms with Gasteiger partial charge in [0.25, 0.3) is 0 Å². The van der Waals surface area contributed by atoms with Crippen molar-refractivity contribution in [3.63, 3.8) is 0 Å². The summed E-state index contributed by atoms with van der Waals surface area (Å²) in [5, 5.41) is 6.20. The number of aliphatic imine (C=N–C) groups is 1. The van der Waals surface area contributed by atoms with Crippen LogP contribution in [-0.4, -0.2) is 31.7 Å². The highest BCUT2D eigenvalue weighted by Crippen LogP contribution is 2.42. The zero-order valence-electron chi connectivity index (χ0n) is 27.8. The van der Waals surface area contributed by atoms with Crippen molar-refractivity contribution in [2.75, 3.05) is 6.54 Å². The average molecular weight is 649 g/mol. The molecule has 0 fully saturated rings. The lowest BCUT2D eigenvalue weighted by Gasteiger charge is -2.36. The summed E-state index contributed by atoms with van der Waals surface area (Å²) in [5.41, 5.74) is 15.8. The van der Waals surface area contributed by atoms with Gasteiger partial charge in [-0.25, -0.2) is 4.98 Å². The summed E-state index contributed by atoms with van der Waals surface area (Å²) in [5.74, 6) is 0.546. The molecule has 0 radical (unpaired) electrons. The number of benzene rings is 5. The molecule has 6 nitrogen and oxygen atoms in total. The summed E-state index contributed by atoms with van der Waals surface area (Å²) in [7, 11) is 0. The van der Waals surface area contributed by atoms with Gasteiger partial charge < -0.3 is 10.3 Å². The summed E-state index contributed by atoms with van der Waals surface area (Å²) in [6, 6.07) is 52.6. The number of rotatable bonds is 9. The highest BCUT2D eigenvalue weighted by molar-refractivity contribution is 5.99. The van der Waals surface area contributed by atoms with E-state index in [1.807, 2.05) is 37.5 Å². The van der Waals surface area contributed by atoms with Crippen LogP contribution in [0.15, 0.2) is 181 Å². The van der Waals surface area contributed by atoms with Crippen molar-refractivity contribution in [3.05, 3.63) is 199 Å². The molecule has 0 aliphatic carbocycles. The average Bonchev–Trinajstić information content (AvgIpc) is 3.83. The minimum Gasteiger partial charge on any atom is -0.384 e. The fourth-order valence-corrected chi connectivity index (χ4v) is 6.96. The van der Waals surface area contributed by atoms with E-state index in [-0.39, 0.29) is 0 Å². The number of hydrogen-bond acceptors (Lipinski definition) is 3. The van der Waals surface area contributed by atoms with Crippen LogP contribution >= 0.6 is 0 Å². The predicted molar refractivity (Wildman–Crippen MR) is 204 cm³/mol. The first-order valence-electron chi connectivity index (χ1n) is 16.9. The maximum absolute atomic E-state index is 6.18. The molecule has 3 aromatic heterocycles. The van der Waals surface area contributed by atoms with E-state index in [0.717, 1.165) is 61.2 Å². The van der Waals surface area contributed by atoms with Crippen molar-refractivity contribution >= 4 is 16.9 Å². The van der Waals surface area contributed by atoms with E-state index >= 15 is 0 Å². The van der Waals surface area contributed by atoms with E-state index < -0.39 is 5.54 Å². The SMILES string of the molecule is CCN=C(N)c1ccc(-c2cnc3c(c2)c(-c2cnn(C(c4ccccc4)(c4ccccc4)c4ccccc4)c2)cn3-c2ccccc2)cc1. The van der Waals surface area contributed by atoms with E-state index in [1.54, 1.807) is 0 Å². The predicted octanol–water partition coefficient (Wildman–Crippen LogP) is 9.12. The van der Waals surface area contributed by atoms with Gasteiger partial charge in [-0.3, -0.25) is 9.67 Å². The molecule has 0 bridgehead atoms. The Morgan fingerprint density at radius 2 is 1.20 bits per heavy atom. The van der Waals surface area contributed by atoms with E-state index in [1.165, 1.54) is 0 Å². The van der Waals surface area contributed by atoms with Gasteiger partial charge in [-0.05, 0) is 47.4 Å². The minimum absolute atomic E-state index is 0.546. The molecule has 0 spiro atoms. The van der Waals surface area contributed by atoms with Crippen molar-refractivity contribution in [3.8, 4) is 27.9 Å². The topological polar surface area (TPSA) is 74.0 Å². The molecule has 0 amide bonds. The number of fused-ring (bicyclic) bond motifs is 1. The summed E-state index contributed by atoms with van der Waals surface area (Å²) < 4.78 is 4.28. The molecule has 50 heavy (non-hydrogen) atoms. The molecule has 242 valence electrons. The monoisotopic (exact) mass is 648 g/mol. The minimum atomic E-state index is -0.714. The summed E-state index contributed by atoms with van der Waals surface area (Å²) in [4.78, 5) is 9.42. The van der Waals surface area contributed by atoms with Gasteiger partial charge >= 0.3 is 0 Å². The first kappa shape index (κ1) is 30.8. The highest BCUT2D eigenvalue weighted by atomic mass is 15.3. The number of nitrogens with zero attached hydrogens (tertiary/aromatic N) is 5. The highest BCUT2D eigenvalue weighted by Gasteiger charge is 2.39. The zero-order chi connectivity index (χ0) is 33.9. The Hall–Kier alpha value is -6.53. The number of nitrogens with two attached hydrogens (primary N) is 1. The van der Waals surface area contributed by atoms with Crippen molar-refractivity contribution in [2.45, 2.75) is 12.5 Å². The van der Waals surface area contributed by atoms with Crippen molar-refractivity contribution in [1.82, 2.24) is 19.3 Å². The molecule has 0 unspecified atom stereocenters. The quantitative estimate of drug-likeness (QED) is 0.0964. The van der Waals surface area contributed by atoms with Crippen LogP contribution in [0.2, 0.25) is 0 Å². The van der Waals surface area contributed by atoms with Crippen LogP contribution in [0.4, 0.5) is 0 Å². The number of aromatic nitrogens is 4. The van der Waals surface area contributed by atoms with E-state index in [9.17, 15) is 0 Å². The van der Waals surface area contributed by atoms with Crippen LogP contribution in [0.1, 0.15) is 29.2 Å². The molecule has 8 rings (SSSR count). The van der Waals surface area contributed by atoms with Gasteiger partial charge in [-0.1, -0.05) is 133 Å². The smallest absolute Gasteiger partial charge is 0.145 e. The molecule has 3 heterocycles. The van der Waals surface area contributed by atoms with Crippen LogP contribution in [0.3, 0.4) is 0 Å². The maximum atomic E-state index is 6.18. The van der Waals surface area contributed by atoms with Gasteiger partial charge in [0.05, 0.1) is 6.20 Å². The fraction of sp³-hybridized carbons (Fsp3) is 0.0682. The molecule has 6 heteroatoms. The molecule has 0 atom stereocenters. The molecule has 8 aromatic rings. The Morgan fingerprint density at radius 3 is 1.76 bits per heavy atom. The Bertz CT molecular complexity index is 2300. The lowest BCUT2D eigenvalue weighted by molar-refractivity contribution is 0.460. The van der Waals surface area contributed by atoms with Crippen LogP contribution in [0.25, 0.3) is 39.0 Å². The fourth-order valence-electron chi connectivity index (χ4n) is 6.96. The van der Waals surface area contributed by atoms with Crippen molar-refractivity contribution in [2.24, 2.45) is 10.7 Å². The molecular weight excluding hydrogens is 613 g/mol. The molecule has 0 saturated carbocycles. The van der Waals surface area contributed by atoms with Gasteiger partial charge in [0.2, 0.25) is 0 Å². The van der Waals surface area contributed by atoms with Crippen LogP contribution in [-0.2, 0) is 5.54 Å². The summed E-state index contributed by atoms with van der Waals surface area (Å²) in [6.45, 7) is 2.63. The third kappa shape index (κ3) is 5.37.